The average molecular weight is 209 g/mol. The maximum atomic E-state index is 8.87. The van der Waals surface area contributed by atoms with Crippen molar-refractivity contribution in [2.45, 2.75) is 44.6 Å². The van der Waals surface area contributed by atoms with E-state index in [1.54, 1.807) is 6.20 Å². The number of nitrogen functional groups attached to an aromatic ring is 1. The molecule has 0 aliphatic heterocycles. The highest BCUT2D eigenvalue weighted by atomic mass is 16.2. The first-order valence-corrected chi connectivity index (χ1v) is 5.75. The number of rotatable bonds is 3. The summed E-state index contributed by atoms with van der Waals surface area (Å²) in [5.74, 6) is 0.746. The Bertz CT molecular complexity index is 316. The van der Waals surface area contributed by atoms with E-state index in [9.17, 15) is 0 Å². The van der Waals surface area contributed by atoms with Crippen LogP contribution >= 0.6 is 0 Å². The smallest absolute Gasteiger partial charge is 0.125 e. The molecule has 4 nitrogen and oxygen atoms in total. The zero-order valence-electron chi connectivity index (χ0n) is 9.02. The van der Waals surface area contributed by atoms with Crippen molar-refractivity contribution in [2.75, 3.05) is 12.3 Å². The summed E-state index contributed by atoms with van der Waals surface area (Å²) in [6.45, 7) is 0.139. The second-order valence-corrected chi connectivity index (χ2v) is 4.27. The fourth-order valence-electron chi connectivity index (χ4n) is 2.34. The first-order valence-electron chi connectivity index (χ1n) is 5.75. The van der Waals surface area contributed by atoms with E-state index in [2.05, 4.69) is 5.10 Å². The van der Waals surface area contributed by atoms with Gasteiger partial charge in [-0.3, -0.25) is 0 Å². The predicted octanol–water partition coefficient (Wildman–Crippen LogP) is 1.51. The molecule has 1 aromatic heterocycles. The Hall–Kier alpha value is -1.03. The molecule has 1 fully saturated rings. The average Bonchev–Trinajstić information content (AvgIpc) is 2.63. The van der Waals surface area contributed by atoms with Crippen molar-refractivity contribution < 1.29 is 5.11 Å². The van der Waals surface area contributed by atoms with Gasteiger partial charge in [0.25, 0.3) is 0 Å². The third-order valence-corrected chi connectivity index (χ3v) is 3.22. The molecule has 1 aliphatic carbocycles. The van der Waals surface area contributed by atoms with Gasteiger partial charge in [0, 0.05) is 18.6 Å². The van der Waals surface area contributed by atoms with E-state index >= 15 is 0 Å². The fourth-order valence-corrected chi connectivity index (χ4v) is 2.34. The molecule has 0 atom stereocenters. The lowest BCUT2D eigenvalue weighted by Gasteiger charge is -2.23. The van der Waals surface area contributed by atoms with Crippen LogP contribution in [0.5, 0.6) is 0 Å². The van der Waals surface area contributed by atoms with E-state index in [-0.39, 0.29) is 6.61 Å². The number of nitrogens with zero attached hydrogens (tertiary/aromatic N) is 2. The molecule has 0 spiro atoms. The quantitative estimate of drug-likeness (QED) is 0.793. The summed E-state index contributed by atoms with van der Waals surface area (Å²) in [5.41, 5.74) is 6.98. The summed E-state index contributed by atoms with van der Waals surface area (Å²) < 4.78 is 1.95. The molecular formula is C11H19N3O. The van der Waals surface area contributed by atoms with Crippen LogP contribution in [-0.4, -0.2) is 21.5 Å². The van der Waals surface area contributed by atoms with Crippen LogP contribution in [0.3, 0.4) is 0 Å². The van der Waals surface area contributed by atoms with Crippen molar-refractivity contribution in [3.8, 4) is 0 Å². The van der Waals surface area contributed by atoms with Gasteiger partial charge in [0.15, 0.2) is 0 Å². The lowest BCUT2D eigenvalue weighted by atomic mass is 9.95. The maximum absolute atomic E-state index is 8.87. The SMILES string of the molecule is Nc1c(CCO)cnn1C1CCCCC1. The van der Waals surface area contributed by atoms with Crippen molar-refractivity contribution in [3.05, 3.63) is 11.8 Å². The van der Waals surface area contributed by atoms with E-state index in [4.69, 9.17) is 10.8 Å². The monoisotopic (exact) mass is 209 g/mol. The molecule has 1 aliphatic rings. The first kappa shape index (κ1) is 10.5. The minimum atomic E-state index is 0.139. The number of hydrogen-bond acceptors (Lipinski definition) is 3. The Morgan fingerprint density at radius 2 is 2.13 bits per heavy atom. The third kappa shape index (κ3) is 2.15. The molecule has 3 N–H and O–H groups in total. The molecule has 0 aromatic carbocycles. The molecule has 15 heavy (non-hydrogen) atoms. The van der Waals surface area contributed by atoms with Crippen molar-refractivity contribution in [3.63, 3.8) is 0 Å². The number of anilines is 1. The first-order chi connectivity index (χ1) is 7.33. The molecule has 0 radical (unpaired) electrons. The Morgan fingerprint density at radius 1 is 1.40 bits per heavy atom. The van der Waals surface area contributed by atoms with E-state index in [1.807, 2.05) is 4.68 Å². The molecule has 1 heterocycles. The summed E-state index contributed by atoms with van der Waals surface area (Å²) in [5, 5.41) is 13.2. The number of aliphatic hydroxyl groups excluding tert-OH is 1. The van der Waals surface area contributed by atoms with Gasteiger partial charge in [-0.2, -0.15) is 5.10 Å². The van der Waals surface area contributed by atoms with Gasteiger partial charge in [0.2, 0.25) is 0 Å². The minimum Gasteiger partial charge on any atom is -0.396 e. The zero-order valence-corrected chi connectivity index (χ0v) is 9.02. The molecule has 0 amide bonds. The summed E-state index contributed by atoms with van der Waals surface area (Å²) in [6.07, 6.45) is 8.66. The Morgan fingerprint density at radius 3 is 2.80 bits per heavy atom. The number of nitrogens with two attached hydrogens (primary N) is 1. The van der Waals surface area contributed by atoms with Crippen molar-refractivity contribution in [1.29, 1.82) is 0 Å². The predicted molar refractivity (Wildman–Crippen MR) is 59.6 cm³/mol. The molecule has 0 saturated heterocycles. The fraction of sp³-hybridized carbons (Fsp3) is 0.727. The van der Waals surface area contributed by atoms with Gasteiger partial charge in [-0.05, 0) is 12.8 Å². The molecule has 84 valence electrons. The number of hydrogen-bond donors (Lipinski definition) is 2. The molecule has 1 aromatic rings. The second kappa shape index (κ2) is 4.66. The molecule has 1 saturated carbocycles. The van der Waals surface area contributed by atoms with Gasteiger partial charge in [0.1, 0.15) is 5.82 Å². The van der Waals surface area contributed by atoms with Crippen LogP contribution in [-0.2, 0) is 6.42 Å². The minimum absolute atomic E-state index is 0.139. The Balaban J connectivity index is 2.13. The Kier molecular flexibility index (Phi) is 3.26. The van der Waals surface area contributed by atoms with Gasteiger partial charge < -0.3 is 10.8 Å². The molecular weight excluding hydrogens is 190 g/mol. The van der Waals surface area contributed by atoms with Crippen molar-refractivity contribution in [2.24, 2.45) is 0 Å². The highest BCUT2D eigenvalue weighted by molar-refractivity contribution is 5.39. The van der Waals surface area contributed by atoms with Crippen LogP contribution in [0.2, 0.25) is 0 Å². The van der Waals surface area contributed by atoms with Crippen molar-refractivity contribution in [1.82, 2.24) is 9.78 Å². The van der Waals surface area contributed by atoms with Crippen LogP contribution in [0.25, 0.3) is 0 Å². The molecule has 0 bridgehead atoms. The topological polar surface area (TPSA) is 64.1 Å². The highest BCUT2D eigenvalue weighted by Gasteiger charge is 2.19. The van der Waals surface area contributed by atoms with Gasteiger partial charge in [-0.25, -0.2) is 4.68 Å². The summed E-state index contributed by atoms with van der Waals surface area (Å²) in [7, 11) is 0. The molecule has 2 rings (SSSR count). The van der Waals surface area contributed by atoms with E-state index in [1.165, 1.54) is 32.1 Å². The molecule has 0 unspecified atom stereocenters. The number of aliphatic hydroxyl groups is 1. The zero-order chi connectivity index (χ0) is 10.7. The lowest BCUT2D eigenvalue weighted by Crippen LogP contribution is -2.16. The van der Waals surface area contributed by atoms with E-state index < -0.39 is 0 Å². The van der Waals surface area contributed by atoms with Crippen LogP contribution in [0, 0.1) is 0 Å². The van der Waals surface area contributed by atoms with Crippen molar-refractivity contribution >= 4 is 5.82 Å². The van der Waals surface area contributed by atoms with Gasteiger partial charge in [0.05, 0.1) is 12.2 Å². The second-order valence-electron chi connectivity index (χ2n) is 4.27. The maximum Gasteiger partial charge on any atom is 0.125 e. The highest BCUT2D eigenvalue weighted by Crippen LogP contribution is 2.30. The summed E-state index contributed by atoms with van der Waals surface area (Å²) in [6, 6.07) is 0.478. The standard InChI is InChI=1S/C11H19N3O/c12-11-9(6-7-15)8-13-14(11)10-4-2-1-3-5-10/h8,10,15H,1-7,12H2. The van der Waals surface area contributed by atoms with E-state index in [0.717, 1.165) is 11.4 Å². The van der Waals surface area contributed by atoms with Crippen LogP contribution in [0.15, 0.2) is 6.20 Å². The Labute approximate surface area is 90.1 Å². The normalized spacial score (nSPS) is 18.2. The largest absolute Gasteiger partial charge is 0.396 e. The van der Waals surface area contributed by atoms with Gasteiger partial charge >= 0.3 is 0 Å². The van der Waals surface area contributed by atoms with Crippen LogP contribution in [0.4, 0.5) is 5.82 Å². The lowest BCUT2D eigenvalue weighted by molar-refractivity contribution is 0.299. The summed E-state index contributed by atoms with van der Waals surface area (Å²) in [4.78, 5) is 0. The van der Waals surface area contributed by atoms with Gasteiger partial charge in [-0.15, -0.1) is 0 Å². The number of aromatic nitrogens is 2. The van der Waals surface area contributed by atoms with Gasteiger partial charge in [-0.1, -0.05) is 19.3 Å². The third-order valence-electron chi connectivity index (χ3n) is 3.22. The summed E-state index contributed by atoms with van der Waals surface area (Å²) >= 11 is 0. The molecule has 4 heteroatoms. The van der Waals surface area contributed by atoms with Crippen LogP contribution < -0.4 is 5.73 Å². The van der Waals surface area contributed by atoms with E-state index in [0.29, 0.717) is 12.5 Å². The van der Waals surface area contributed by atoms with Crippen LogP contribution in [0.1, 0.15) is 43.7 Å².